The Hall–Kier alpha value is -1.55. The Morgan fingerprint density at radius 3 is 2.67 bits per heavy atom. The lowest BCUT2D eigenvalue weighted by Crippen LogP contribution is -2.53. The molecule has 0 saturated carbocycles. The molecule has 1 fully saturated rings. The number of nitrogens with zero attached hydrogens (tertiary/aromatic N) is 1. The van der Waals surface area contributed by atoms with Crippen LogP contribution < -0.4 is 10.6 Å². The zero-order valence-electron chi connectivity index (χ0n) is 13.4. The fourth-order valence-electron chi connectivity index (χ4n) is 2.72. The zero-order chi connectivity index (χ0) is 15.3. The molecule has 4 heteroatoms. The lowest BCUT2D eigenvalue weighted by atomic mass is 10.0. The molecule has 116 valence electrons. The number of benzene rings is 1. The van der Waals surface area contributed by atoms with Gasteiger partial charge in [-0.2, -0.15) is 0 Å². The van der Waals surface area contributed by atoms with Gasteiger partial charge in [0.1, 0.15) is 0 Å². The summed E-state index contributed by atoms with van der Waals surface area (Å²) in [4.78, 5) is 14.4. The van der Waals surface area contributed by atoms with Crippen LogP contribution in [0.4, 0.5) is 4.79 Å². The van der Waals surface area contributed by atoms with Crippen LogP contribution in [0.1, 0.15) is 39.2 Å². The van der Waals surface area contributed by atoms with E-state index in [1.807, 2.05) is 26.8 Å². The molecule has 1 aromatic rings. The standard InChI is InChI=1S/C17H27N3O/c1-17(2,3)19-16(21)18-15-10-7-11-20(13-15)12-14-8-5-4-6-9-14/h4-6,8-9,15H,7,10-13H2,1-3H3,(H2,18,19,21). The number of rotatable bonds is 3. The number of hydrogen-bond donors (Lipinski definition) is 2. The summed E-state index contributed by atoms with van der Waals surface area (Å²) in [6.45, 7) is 8.97. The second-order valence-electron chi connectivity index (χ2n) is 6.91. The van der Waals surface area contributed by atoms with Gasteiger partial charge in [-0.15, -0.1) is 0 Å². The maximum absolute atomic E-state index is 12.0. The molecule has 1 heterocycles. The van der Waals surface area contributed by atoms with Gasteiger partial charge >= 0.3 is 6.03 Å². The molecule has 4 nitrogen and oxygen atoms in total. The first-order chi connectivity index (χ1) is 9.92. The third-order valence-corrected chi connectivity index (χ3v) is 3.58. The van der Waals surface area contributed by atoms with Crippen molar-refractivity contribution in [3.8, 4) is 0 Å². The fourth-order valence-corrected chi connectivity index (χ4v) is 2.72. The molecular weight excluding hydrogens is 262 g/mol. The first kappa shape index (κ1) is 15.8. The Labute approximate surface area is 127 Å². The average Bonchev–Trinajstić information content (AvgIpc) is 2.38. The molecule has 1 unspecified atom stereocenters. The molecule has 2 N–H and O–H groups in total. The summed E-state index contributed by atoms with van der Waals surface area (Å²) < 4.78 is 0. The highest BCUT2D eigenvalue weighted by molar-refractivity contribution is 5.75. The van der Waals surface area contributed by atoms with Crippen molar-refractivity contribution < 1.29 is 4.79 Å². The molecule has 0 bridgehead atoms. The van der Waals surface area contributed by atoms with Crippen molar-refractivity contribution in [1.82, 2.24) is 15.5 Å². The van der Waals surface area contributed by atoms with Crippen molar-refractivity contribution >= 4 is 6.03 Å². The van der Waals surface area contributed by atoms with E-state index < -0.39 is 0 Å². The van der Waals surface area contributed by atoms with Crippen molar-refractivity contribution in [2.45, 2.75) is 51.7 Å². The van der Waals surface area contributed by atoms with E-state index in [1.165, 1.54) is 5.56 Å². The van der Waals surface area contributed by atoms with E-state index in [4.69, 9.17) is 0 Å². The van der Waals surface area contributed by atoms with Crippen molar-refractivity contribution in [2.75, 3.05) is 13.1 Å². The fraction of sp³-hybridized carbons (Fsp3) is 0.588. The van der Waals surface area contributed by atoms with Gasteiger partial charge in [0.05, 0.1) is 0 Å². The largest absolute Gasteiger partial charge is 0.334 e. The zero-order valence-corrected chi connectivity index (χ0v) is 13.4. The van der Waals surface area contributed by atoms with Crippen LogP contribution in [0, 0.1) is 0 Å². The van der Waals surface area contributed by atoms with E-state index in [1.54, 1.807) is 0 Å². The molecule has 0 aromatic heterocycles. The number of hydrogen-bond acceptors (Lipinski definition) is 2. The minimum absolute atomic E-state index is 0.0611. The maximum Gasteiger partial charge on any atom is 0.315 e. The van der Waals surface area contributed by atoms with Crippen LogP contribution in [0.15, 0.2) is 30.3 Å². The monoisotopic (exact) mass is 289 g/mol. The quantitative estimate of drug-likeness (QED) is 0.898. The third-order valence-electron chi connectivity index (χ3n) is 3.58. The number of urea groups is 1. The first-order valence-electron chi connectivity index (χ1n) is 7.77. The molecule has 2 amide bonds. The minimum Gasteiger partial charge on any atom is -0.334 e. The third kappa shape index (κ3) is 5.76. The van der Waals surface area contributed by atoms with Gasteiger partial charge in [0.25, 0.3) is 0 Å². The molecular formula is C17H27N3O. The summed E-state index contributed by atoms with van der Waals surface area (Å²) in [5.74, 6) is 0. The average molecular weight is 289 g/mol. The molecule has 1 saturated heterocycles. The Morgan fingerprint density at radius 1 is 1.29 bits per heavy atom. The molecule has 0 aliphatic carbocycles. The first-order valence-corrected chi connectivity index (χ1v) is 7.77. The van der Waals surface area contributed by atoms with E-state index in [2.05, 4.69) is 39.8 Å². The number of amides is 2. The minimum atomic E-state index is -0.192. The van der Waals surface area contributed by atoms with Crippen LogP contribution in [0.5, 0.6) is 0 Å². The maximum atomic E-state index is 12.0. The molecule has 0 spiro atoms. The predicted molar refractivity (Wildman–Crippen MR) is 86.2 cm³/mol. The Kier molecular flexibility index (Phi) is 5.23. The summed E-state index contributed by atoms with van der Waals surface area (Å²) in [6, 6.07) is 10.7. The van der Waals surface area contributed by atoms with Gasteiger partial charge in [0.2, 0.25) is 0 Å². The van der Waals surface area contributed by atoms with Crippen LogP contribution in [0.25, 0.3) is 0 Å². The van der Waals surface area contributed by atoms with E-state index in [9.17, 15) is 4.79 Å². The molecule has 1 atom stereocenters. The number of likely N-dealkylation sites (tertiary alicyclic amines) is 1. The van der Waals surface area contributed by atoms with Crippen molar-refractivity contribution in [3.63, 3.8) is 0 Å². The molecule has 1 aromatic carbocycles. The summed E-state index contributed by atoms with van der Waals surface area (Å²) in [7, 11) is 0. The Bertz CT molecular complexity index is 453. The summed E-state index contributed by atoms with van der Waals surface area (Å²) in [5.41, 5.74) is 1.14. The number of carbonyl (C=O) groups is 1. The van der Waals surface area contributed by atoms with Crippen LogP contribution in [-0.4, -0.2) is 35.6 Å². The van der Waals surface area contributed by atoms with E-state index in [0.29, 0.717) is 0 Å². The van der Waals surface area contributed by atoms with Crippen LogP contribution >= 0.6 is 0 Å². The number of nitrogens with one attached hydrogen (secondary N) is 2. The van der Waals surface area contributed by atoms with E-state index in [0.717, 1.165) is 32.5 Å². The van der Waals surface area contributed by atoms with Gasteiger partial charge in [0.15, 0.2) is 0 Å². The number of piperidine rings is 1. The van der Waals surface area contributed by atoms with E-state index in [-0.39, 0.29) is 17.6 Å². The van der Waals surface area contributed by atoms with Gasteiger partial charge in [-0.25, -0.2) is 4.79 Å². The van der Waals surface area contributed by atoms with Crippen LogP contribution in [0.2, 0.25) is 0 Å². The second-order valence-corrected chi connectivity index (χ2v) is 6.91. The SMILES string of the molecule is CC(C)(C)NC(=O)NC1CCCN(Cc2ccccc2)C1. The highest BCUT2D eigenvalue weighted by Gasteiger charge is 2.22. The molecule has 0 radical (unpaired) electrons. The molecule has 1 aliphatic heterocycles. The Morgan fingerprint density at radius 2 is 2.00 bits per heavy atom. The van der Waals surface area contributed by atoms with Crippen LogP contribution in [-0.2, 0) is 6.54 Å². The van der Waals surface area contributed by atoms with Crippen LogP contribution in [0.3, 0.4) is 0 Å². The number of carbonyl (C=O) groups excluding carboxylic acids is 1. The lowest BCUT2D eigenvalue weighted by molar-refractivity contribution is 0.178. The summed E-state index contributed by atoms with van der Waals surface area (Å²) in [6.07, 6.45) is 2.19. The van der Waals surface area contributed by atoms with Crippen molar-refractivity contribution in [3.05, 3.63) is 35.9 Å². The van der Waals surface area contributed by atoms with Crippen molar-refractivity contribution in [1.29, 1.82) is 0 Å². The van der Waals surface area contributed by atoms with Gasteiger partial charge in [0, 0.05) is 24.7 Å². The van der Waals surface area contributed by atoms with Gasteiger partial charge < -0.3 is 10.6 Å². The molecule has 21 heavy (non-hydrogen) atoms. The highest BCUT2D eigenvalue weighted by Crippen LogP contribution is 2.13. The highest BCUT2D eigenvalue weighted by atomic mass is 16.2. The van der Waals surface area contributed by atoms with E-state index >= 15 is 0 Å². The predicted octanol–water partition coefficient (Wildman–Crippen LogP) is 2.75. The summed E-state index contributed by atoms with van der Waals surface area (Å²) >= 11 is 0. The normalized spacial score (nSPS) is 20.0. The van der Waals surface area contributed by atoms with Gasteiger partial charge in [-0.05, 0) is 45.7 Å². The topological polar surface area (TPSA) is 44.4 Å². The van der Waals surface area contributed by atoms with Gasteiger partial charge in [-0.1, -0.05) is 30.3 Å². The smallest absolute Gasteiger partial charge is 0.315 e. The Balaban J connectivity index is 1.82. The molecule has 2 rings (SSSR count). The summed E-state index contributed by atoms with van der Waals surface area (Å²) in [5, 5.41) is 6.06. The van der Waals surface area contributed by atoms with Crippen molar-refractivity contribution in [2.24, 2.45) is 0 Å². The second kappa shape index (κ2) is 6.94. The molecule has 1 aliphatic rings. The lowest BCUT2D eigenvalue weighted by Gasteiger charge is -2.34. The van der Waals surface area contributed by atoms with Gasteiger partial charge in [-0.3, -0.25) is 4.90 Å².